The number of rotatable bonds is 0. The van der Waals surface area contributed by atoms with E-state index in [1.165, 1.54) is 13.1 Å². The van der Waals surface area contributed by atoms with Gasteiger partial charge in [0.25, 0.3) is 0 Å². The van der Waals surface area contributed by atoms with Gasteiger partial charge in [0.15, 0.2) is 0 Å². The number of hydrogen-bond donors (Lipinski definition) is 1. The van der Waals surface area contributed by atoms with Crippen LogP contribution >= 0.6 is 22.6 Å². The van der Waals surface area contributed by atoms with Crippen LogP contribution in [-0.4, -0.2) is 17.0 Å². The molecule has 1 nitrogen and oxygen atoms in total. The highest BCUT2D eigenvalue weighted by Gasteiger charge is 2.71. The van der Waals surface area contributed by atoms with Crippen molar-refractivity contribution in [3.8, 4) is 0 Å². The number of nitrogens with one attached hydrogen (secondary N) is 1. The van der Waals surface area contributed by atoms with Crippen molar-refractivity contribution in [3.63, 3.8) is 0 Å². The average Bonchev–Trinajstić information content (AvgIpc) is 2.20. The number of fused-ring (bicyclic) bond motifs is 1. The van der Waals surface area contributed by atoms with E-state index in [-0.39, 0.29) is 0 Å². The second kappa shape index (κ2) is 1.47. The summed E-state index contributed by atoms with van der Waals surface area (Å²) in [6.45, 7) is 7.25. The summed E-state index contributed by atoms with van der Waals surface area (Å²) in [6.07, 6.45) is 0. The van der Waals surface area contributed by atoms with Gasteiger partial charge in [-0.15, -0.1) is 0 Å². The molecule has 2 fully saturated rings. The van der Waals surface area contributed by atoms with Crippen molar-refractivity contribution in [2.24, 2.45) is 10.8 Å². The Morgan fingerprint density at radius 2 is 1.78 bits per heavy atom. The lowest BCUT2D eigenvalue weighted by Gasteiger charge is -2.01. The van der Waals surface area contributed by atoms with Crippen LogP contribution in [0, 0.1) is 10.8 Å². The summed E-state index contributed by atoms with van der Waals surface area (Å²) >= 11 is 2.59. The largest absolute Gasteiger partial charge is 0.316 e. The first kappa shape index (κ1) is 6.40. The molecule has 1 N–H and O–H groups in total. The second-order valence-corrected chi connectivity index (χ2v) is 5.05. The number of halogens is 1. The summed E-state index contributed by atoms with van der Waals surface area (Å²) in [5.74, 6) is 0. The van der Waals surface area contributed by atoms with Gasteiger partial charge in [-0.1, -0.05) is 36.4 Å². The Hall–Kier alpha value is 0.690. The molecule has 1 heterocycles. The van der Waals surface area contributed by atoms with Gasteiger partial charge in [0.2, 0.25) is 0 Å². The standard InChI is InChI=1S/C7H12IN/c1-6-3-9-4-7(6,2)5(6)8/h5,9H,3-4H2,1-2H3/t5-,6-,7+. The van der Waals surface area contributed by atoms with Crippen molar-refractivity contribution < 1.29 is 0 Å². The molecule has 0 aromatic heterocycles. The van der Waals surface area contributed by atoms with E-state index in [9.17, 15) is 0 Å². The highest BCUT2D eigenvalue weighted by Crippen LogP contribution is 2.69. The summed E-state index contributed by atoms with van der Waals surface area (Å²) in [6, 6.07) is 0. The van der Waals surface area contributed by atoms with Crippen LogP contribution in [0.1, 0.15) is 13.8 Å². The van der Waals surface area contributed by atoms with Crippen LogP contribution in [0.2, 0.25) is 0 Å². The fraction of sp³-hybridized carbons (Fsp3) is 1.00. The van der Waals surface area contributed by atoms with Gasteiger partial charge in [0.1, 0.15) is 0 Å². The number of piperidine rings is 1. The maximum atomic E-state index is 3.43. The third-order valence-electron chi connectivity index (χ3n) is 3.32. The van der Waals surface area contributed by atoms with Crippen LogP contribution in [0.15, 0.2) is 0 Å². The van der Waals surface area contributed by atoms with Gasteiger partial charge in [-0.25, -0.2) is 0 Å². The number of hydrogen-bond acceptors (Lipinski definition) is 1. The molecule has 3 atom stereocenters. The van der Waals surface area contributed by atoms with Gasteiger partial charge < -0.3 is 5.32 Å². The molecule has 2 heteroatoms. The molecule has 52 valence electrons. The minimum absolute atomic E-state index is 0.633. The van der Waals surface area contributed by atoms with Crippen molar-refractivity contribution in [2.45, 2.75) is 17.8 Å². The maximum Gasteiger partial charge on any atom is 0.0253 e. The highest BCUT2D eigenvalue weighted by molar-refractivity contribution is 14.1. The fourth-order valence-electron chi connectivity index (χ4n) is 2.05. The van der Waals surface area contributed by atoms with Crippen LogP contribution < -0.4 is 5.32 Å². The second-order valence-electron chi connectivity index (χ2n) is 3.80. The Labute approximate surface area is 69.7 Å². The molecule has 0 radical (unpaired) electrons. The van der Waals surface area contributed by atoms with E-state index in [2.05, 4.69) is 41.8 Å². The Bertz CT molecular complexity index is 143. The van der Waals surface area contributed by atoms with Crippen molar-refractivity contribution in [2.75, 3.05) is 13.1 Å². The topological polar surface area (TPSA) is 12.0 Å². The lowest BCUT2D eigenvalue weighted by Crippen LogP contribution is -2.19. The van der Waals surface area contributed by atoms with Crippen LogP contribution in [0.3, 0.4) is 0 Å². The van der Waals surface area contributed by atoms with E-state index >= 15 is 0 Å². The summed E-state index contributed by atoms with van der Waals surface area (Å²) < 4.78 is 0.920. The molecular formula is C7H12IN. The molecule has 0 aromatic carbocycles. The molecule has 0 aromatic rings. The summed E-state index contributed by atoms with van der Waals surface area (Å²) in [5, 5.41) is 3.43. The van der Waals surface area contributed by atoms with E-state index in [1.807, 2.05) is 0 Å². The Morgan fingerprint density at radius 3 is 2.00 bits per heavy atom. The van der Waals surface area contributed by atoms with Crippen LogP contribution in [0.4, 0.5) is 0 Å². The van der Waals surface area contributed by atoms with Gasteiger partial charge in [0, 0.05) is 17.0 Å². The SMILES string of the molecule is C[C@@]12CNC[C@]1(C)[C@H]2I. The molecule has 9 heavy (non-hydrogen) atoms. The van der Waals surface area contributed by atoms with E-state index in [1.54, 1.807) is 0 Å². The molecular weight excluding hydrogens is 225 g/mol. The van der Waals surface area contributed by atoms with Crippen LogP contribution in [0.5, 0.6) is 0 Å². The van der Waals surface area contributed by atoms with Gasteiger partial charge in [-0.3, -0.25) is 0 Å². The zero-order valence-corrected chi connectivity index (χ0v) is 8.03. The molecule has 0 spiro atoms. The minimum Gasteiger partial charge on any atom is -0.316 e. The monoisotopic (exact) mass is 237 g/mol. The molecule has 1 saturated heterocycles. The summed E-state index contributed by atoms with van der Waals surface area (Å²) in [4.78, 5) is 0. The zero-order valence-electron chi connectivity index (χ0n) is 5.87. The van der Waals surface area contributed by atoms with Crippen molar-refractivity contribution >= 4 is 22.6 Å². The van der Waals surface area contributed by atoms with E-state index < -0.39 is 0 Å². The summed E-state index contributed by atoms with van der Waals surface area (Å²) in [7, 11) is 0. The Morgan fingerprint density at radius 1 is 1.33 bits per heavy atom. The van der Waals surface area contributed by atoms with Crippen molar-refractivity contribution in [1.29, 1.82) is 0 Å². The van der Waals surface area contributed by atoms with E-state index in [4.69, 9.17) is 0 Å². The Kier molecular flexibility index (Phi) is 1.05. The molecule has 2 aliphatic rings. The van der Waals surface area contributed by atoms with Gasteiger partial charge in [-0.2, -0.15) is 0 Å². The molecule has 0 bridgehead atoms. The first-order valence-corrected chi connectivity index (χ1v) is 4.71. The van der Waals surface area contributed by atoms with Crippen LogP contribution in [0.25, 0.3) is 0 Å². The average molecular weight is 237 g/mol. The first-order valence-electron chi connectivity index (χ1n) is 3.46. The number of alkyl halides is 1. The molecule has 0 amide bonds. The molecule has 1 saturated carbocycles. The Balaban J connectivity index is 2.29. The third kappa shape index (κ3) is 0.507. The quantitative estimate of drug-likeness (QED) is 0.496. The maximum absolute atomic E-state index is 3.43. The van der Waals surface area contributed by atoms with E-state index in [0.717, 1.165) is 3.92 Å². The van der Waals surface area contributed by atoms with Gasteiger partial charge in [-0.05, 0) is 10.8 Å². The van der Waals surface area contributed by atoms with Crippen molar-refractivity contribution in [3.05, 3.63) is 0 Å². The fourth-order valence-corrected chi connectivity index (χ4v) is 3.73. The molecule has 1 aliphatic heterocycles. The van der Waals surface area contributed by atoms with E-state index in [0.29, 0.717) is 10.8 Å². The van der Waals surface area contributed by atoms with Gasteiger partial charge >= 0.3 is 0 Å². The van der Waals surface area contributed by atoms with Crippen LogP contribution in [-0.2, 0) is 0 Å². The lowest BCUT2D eigenvalue weighted by atomic mass is 10.0. The highest BCUT2D eigenvalue weighted by atomic mass is 127. The predicted molar refractivity (Wildman–Crippen MR) is 46.9 cm³/mol. The smallest absolute Gasteiger partial charge is 0.0253 e. The zero-order chi connectivity index (χ0) is 6.70. The molecule has 2 rings (SSSR count). The third-order valence-corrected chi connectivity index (χ3v) is 6.07. The summed E-state index contributed by atoms with van der Waals surface area (Å²) in [5.41, 5.74) is 1.27. The normalized spacial score (nSPS) is 63.7. The predicted octanol–water partition coefficient (Wildman–Crippen LogP) is 1.42. The van der Waals surface area contributed by atoms with Gasteiger partial charge in [0.05, 0.1) is 0 Å². The first-order chi connectivity index (χ1) is 4.11. The van der Waals surface area contributed by atoms with Crippen molar-refractivity contribution in [1.82, 2.24) is 5.32 Å². The molecule has 1 aliphatic carbocycles. The lowest BCUT2D eigenvalue weighted by molar-refractivity contribution is 0.494. The molecule has 0 unspecified atom stereocenters. The minimum atomic E-state index is 0.633.